The van der Waals surface area contributed by atoms with E-state index in [1.807, 2.05) is 36.1 Å². The number of rotatable bonds is 6. The smallest absolute Gasteiger partial charge is 0.416 e. The Bertz CT molecular complexity index is 844. The quantitative estimate of drug-likeness (QED) is 0.650. The molecule has 0 spiro atoms. The Hall–Kier alpha value is -2.54. The average Bonchev–Trinajstić information content (AvgIpc) is 2.75. The maximum absolute atomic E-state index is 12.9. The standard InChI is InChI=1S/C23H27F3N2O2/c1-3-22(29)28(19-7-9-21(30-2)10-8-19)20-11-13-27(14-12-20)16-17-5-4-6-18(15-17)23(24,25)26/h4-10,15,20H,3,11-14,16H2,1-2H3. The molecule has 0 radical (unpaired) electrons. The summed E-state index contributed by atoms with van der Waals surface area (Å²) in [6.45, 7) is 3.78. The fourth-order valence-corrected chi connectivity index (χ4v) is 3.91. The lowest BCUT2D eigenvalue weighted by Crippen LogP contribution is -2.47. The van der Waals surface area contributed by atoms with Crippen LogP contribution in [0.4, 0.5) is 18.9 Å². The van der Waals surface area contributed by atoms with Crippen molar-refractivity contribution < 1.29 is 22.7 Å². The van der Waals surface area contributed by atoms with Gasteiger partial charge in [-0.05, 0) is 48.7 Å². The third-order valence-electron chi connectivity index (χ3n) is 5.50. The Morgan fingerprint density at radius 2 is 1.80 bits per heavy atom. The van der Waals surface area contributed by atoms with E-state index in [1.54, 1.807) is 13.2 Å². The molecule has 0 saturated carbocycles. The van der Waals surface area contributed by atoms with Crippen LogP contribution in [0.5, 0.6) is 5.75 Å². The van der Waals surface area contributed by atoms with E-state index in [9.17, 15) is 18.0 Å². The molecule has 1 aliphatic rings. The first-order valence-corrected chi connectivity index (χ1v) is 10.2. The zero-order chi connectivity index (χ0) is 21.7. The van der Waals surface area contributed by atoms with Crippen molar-refractivity contribution >= 4 is 11.6 Å². The monoisotopic (exact) mass is 420 g/mol. The fourth-order valence-electron chi connectivity index (χ4n) is 3.91. The molecule has 0 N–H and O–H groups in total. The van der Waals surface area contributed by atoms with E-state index < -0.39 is 11.7 Å². The van der Waals surface area contributed by atoms with Gasteiger partial charge in [-0.1, -0.05) is 25.1 Å². The second kappa shape index (κ2) is 9.51. The first-order valence-electron chi connectivity index (χ1n) is 10.2. The molecule has 1 saturated heterocycles. The lowest BCUT2D eigenvalue weighted by molar-refractivity contribution is -0.137. The van der Waals surface area contributed by atoms with Gasteiger partial charge in [-0.25, -0.2) is 0 Å². The number of ether oxygens (including phenoxy) is 1. The van der Waals surface area contributed by atoms with E-state index in [0.717, 1.165) is 43.4 Å². The van der Waals surface area contributed by atoms with Gasteiger partial charge in [-0.15, -0.1) is 0 Å². The average molecular weight is 420 g/mol. The van der Waals surface area contributed by atoms with E-state index in [0.29, 0.717) is 18.5 Å². The maximum Gasteiger partial charge on any atom is 0.416 e. The number of carbonyl (C=O) groups is 1. The highest BCUT2D eigenvalue weighted by Crippen LogP contribution is 2.31. The number of hydrogen-bond donors (Lipinski definition) is 0. The molecule has 3 rings (SSSR count). The fraction of sp³-hybridized carbons (Fsp3) is 0.435. The van der Waals surface area contributed by atoms with Gasteiger partial charge in [-0.3, -0.25) is 9.69 Å². The molecule has 0 bridgehead atoms. The number of methoxy groups -OCH3 is 1. The van der Waals surface area contributed by atoms with Crippen molar-refractivity contribution in [3.05, 3.63) is 59.7 Å². The molecule has 0 unspecified atom stereocenters. The molecule has 0 aliphatic carbocycles. The number of amides is 1. The van der Waals surface area contributed by atoms with Gasteiger partial charge < -0.3 is 9.64 Å². The molecule has 2 aromatic rings. The Balaban J connectivity index is 1.66. The summed E-state index contributed by atoms with van der Waals surface area (Å²) in [5, 5.41) is 0. The molecular formula is C23H27F3N2O2. The highest BCUT2D eigenvalue weighted by atomic mass is 19.4. The Kier molecular flexibility index (Phi) is 7.02. The molecule has 1 amide bonds. The molecule has 1 heterocycles. The summed E-state index contributed by atoms with van der Waals surface area (Å²) in [7, 11) is 1.60. The van der Waals surface area contributed by atoms with Crippen molar-refractivity contribution in [2.75, 3.05) is 25.1 Å². The van der Waals surface area contributed by atoms with Crippen LogP contribution in [0.2, 0.25) is 0 Å². The van der Waals surface area contributed by atoms with Crippen LogP contribution in [0.3, 0.4) is 0 Å². The SMILES string of the molecule is CCC(=O)N(c1ccc(OC)cc1)C1CCN(Cc2cccc(C(F)(F)F)c2)CC1. The summed E-state index contributed by atoms with van der Waals surface area (Å²) >= 11 is 0. The third-order valence-corrected chi connectivity index (χ3v) is 5.50. The largest absolute Gasteiger partial charge is 0.497 e. The maximum atomic E-state index is 12.9. The first-order chi connectivity index (χ1) is 14.3. The Morgan fingerprint density at radius 3 is 2.37 bits per heavy atom. The summed E-state index contributed by atoms with van der Waals surface area (Å²) in [6.07, 6.45) is -2.37. The number of benzene rings is 2. The van der Waals surface area contributed by atoms with Gasteiger partial charge in [0.25, 0.3) is 0 Å². The van der Waals surface area contributed by atoms with Crippen LogP contribution in [0.15, 0.2) is 48.5 Å². The van der Waals surface area contributed by atoms with Gasteiger partial charge >= 0.3 is 6.18 Å². The van der Waals surface area contributed by atoms with Gasteiger partial charge in [0, 0.05) is 37.8 Å². The van der Waals surface area contributed by atoms with Gasteiger partial charge in [0.05, 0.1) is 12.7 Å². The number of carbonyl (C=O) groups excluding carboxylic acids is 1. The van der Waals surface area contributed by atoms with Crippen molar-refractivity contribution in [1.82, 2.24) is 4.90 Å². The minimum Gasteiger partial charge on any atom is -0.497 e. The van der Waals surface area contributed by atoms with Crippen LogP contribution in [0.25, 0.3) is 0 Å². The van der Waals surface area contributed by atoms with Crippen molar-refractivity contribution in [2.24, 2.45) is 0 Å². The molecule has 0 atom stereocenters. The molecule has 0 aromatic heterocycles. The van der Waals surface area contributed by atoms with Crippen molar-refractivity contribution in [1.29, 1.82) is 0 Å². The number of halogens is 3. The minimum atomic E-state index is -4.33. The van der Waals surface area contributed by atoms with E-state index >= 15 is 0 Å². The highest BCUT2D eigenvalue weighted by molar-refractivity contribution is 5.93. The van der Waals surface area contributed by atoms with E-state index in [1.165, 1.54) is 12.1 Å². The van der Waals surface area contributed by atoms with Crippen LogP contribution in [-0.4, -0.2) is 37.0 Å². The topological polar surface area (TPSA) is 32.8 Å². The molecule has 4 nitrogen and oxygen atoms in total. The summed E-state index contributed by atoms with van der Waals surface area (Å²) in [5.41, 5.74) is 0.882. The van der Waals surface area contributed by atoms with Gasteiger partial charge in [0.1, 0.15) is 5.75 Å². The highest BCUT2D eigenvalue weighted by Gasteiger charge is 2.31. The number of alkyl halides is 3. The molecule has 1 aliphatic heterocycles. The summed E-state index contributed by atoms with van der Waals surface area (Å²) in [6, 6.07) is 13.0. The lowest BCUT2D eigenvalue weighted by atomic mass is 10.0. The van der Waals surface area contributed by atoms with Crippen LogP contribution >= 0.6 is 0 Å². The van der Waals surface area contributed by atoms with Gasteiger partial charge in [0.2, 0.25) is 5.91 Å². The van der Waals surface area contributed by atoms with Crippen molar-refractivity contribution in [2.45, 2.75) is 44.9 Å². The molecule has 7 heteroatoms. The van der Waals surface area contributed by atoms with Crippen molar-refractivity contribution in [3.8, 4) is 5.75 Å². The summed E-state index contributed by atoms with van der Waals surface area (Å²) < 4.78 is 44.0. The molecular weight excluding hydrogens is 393 g/mol. The molecule has 1 fully saturated rings. The van der Waals surface area contributed by atoms with Crippen LogP contribution < -0.4 is 9.64 Å². The predicted octanol–water partition coefficient (Wildman–Crippen LogP) is 5.12. The van der Waals surface area contributed by atoms with E-state index in [-0.39, 0.29) is 11.9 Å². The second-order valence-corrected chi connectivity index (χ2v) is 7.52. The zero-order valence-electron chi connectivity index (χ0n) is 17.3. The van der Waals surface area contributed by atoms with Crippen LogP contribution in [0, 0.1) is 0 Å². The second-order valence-electron chi connectivity index (χ2n) is 7.52. The molecule has 2 aromatic carbocycles. The summed E-state index contributed by atoms with van der Waals surface area (Å²) in [5.74, 6) is 0.801. The van der Waals surface area contributed by atoms with E-state index in [4.69, 9.17) is 4.74 Å². The normalized spacial score (nSPS) is 15.8. The van der Waals surface area contributed by atoms with Gasteiger partial charge in [0.15, 0.2) is 0 Å². The number of nitrogens with zero attached hydrogens (tertiary/aromatic N) is 2. The minimum absolute atomic E-state index is 0.0662. The van der Waals surface area contributed by atoms with Crippen LogP contribution in [0.1, 0.15) is 37.3 Å². The third kappa shape index (κ3) is 5.33. The number of likely N-dealkylation sites (tertiary alicyclic amines) is 1. The first kappa shape index (κ1) is 22.2. The van der Waals surface area contributed by atoms with Crippen LogP contribution in [-0.2, 0) is 17.5 Å². The van der Waals surface area contributed by atoms with Gasteiger partial charge in [-0.2, -0.15) is 13.2 Å². The number of hydrogen-bond acceptors (Lipinski definition) is 3. The molecule has 30 heavy (non-hydrogen) atoms. The number of anilines is 1. The zero-order valence-corrected chi connectivity index (χ0v) is 17.3. The lowest BCUT2D eigenvalue weighted by Gasteiger charge is -2.38. The predicted molar refractivity (Wildman–Crippen MR) is 111 cm³/mol. The van der Waals surface area contributed by atoms with Crippen molar-refractivity contribution in [3.63, 3.8) is 0 Å². The Labute approximate surface area is 175 Å². The number of piperidine rings is 1. The molecule has 162 valence electrons. The summed E-state index contributed by atoms with van der Waals surface area (Å²) in [4.78, 5) is 16.7. The Morgan fingerprint density at radius 1 is 1.13 bits per heavy atom. The van der Waals surface area contributed by atoms with E-state index in [2.05, 4.69) is 4.90 Å².